The molecule has 0 saturated carbocycles. The maximum atomic E-state index is 9.04. The number of aromatic nitrogens is 1. The van der Waals surface area contributed by atoms with Crippen LogP contribution in [-0.2, 0) is 6.54 Å². The Hall–Kier alpha value is -1.62. The molecule has 0 radical (unpaired) electrons. The lowest BCUT2D eigenvalue weighted by Crippen LogP contribution is -2.19. The van der Waals surface area contributed by atoms with Gasteiger partial charge in [0.15, 0.2) is 10.6 Å². The Labute approximate surface area is 158 Å². The molecule has 0 atom stereocenters. The van der Waals surface area contributed by atoms with Gasteiger partial charge in [-0.1, -0.05) is 36.8 Å². The normalized spacial score (nSPS) is 12.5. The first-order valence-corrected chi connectivity index (χ1v) is 9.14. The van der Waals surface area contributed by atoms with Crippen molar-refractivity contribution in [2.75, 3.05) is 7.11 Å². The summed E-state index contributed by atoms with van der Waals surface area (Å²) in [6.45, 7) is 5.08. The second kappa shape index (κ2) is 8.47. The third kappa shape index (κ3) is 4.69. The molecule has 0 saturated heterocycles. The number of amidine groups is 1. The van der Waals surface area contributed by atoms with Crippen molar-refractivity contribution in [1.29, 1.82) is 5.26 Å². The molecule has 1 aromatic heterocycles. The predicted molar refractivity (Wildman–Crippen MR) is 101 cm³/mol. The average molecular weight is 428 g/mol. The number of hydrogen-bond acceptors (Lipinski definition) is 4. The van der Waals surface area contributed by atoms with Crippen LogP contribution in [0.1, 0.15) is 19.4 Å². The van der Waals surface area contributed by atoms with Gasteiger partial charge < -0.3 is 9.30 Å². The number of methoxy groups -OCH3 is 1. The molecule has 0 aliphatic rings. The van der Waals surface area contributed by atoms with Crippen LogP contribution in [0.2, 0.25) is 5.02 Å². The monoisotopic (exact) mass is 426 g/mol. The number of aliphatic imine (C=N–C) groups is 1. The topological polar surface area (TPSA) is 62.7 Å². The van der Waals surface area contributed by atoms with Crippen LogP contribution in [0.15, 0.2) is 38.2 Å². The lowest BCUT2D eigenvalue weighted by Gasteiger charge is -2.08. The molecule has 0 unspecified atom stereocenters. The van der Waals surface area contributed by atoms with E-state index in [1.54, 1.807) is 31.5 Å². The van der Waals surface area contributed by atoms with Crippen molar-refractivity contribution in [2.24, 2.45) is 15.9 Å². The first-order valence-electron chi connectivity index (χ1n) is 7.15. The number of halogens is 2. The summed E-state index contributed by atoms with van der Waals surface area (Å²) in [6.07, 6.45) is 3.78. The average Bonchev–Trinajstić information content (AvgIpc) is 2.85. The van der Waals surface area contributed by atoms with Gasteiger partial charge in [-0.2, -0.15) is 15.2 Å². The minimum absolute atomic E-state index is 0.267. The summed E-state index contributed by atoms with van der Waals surface area (Å²) in [6, 6.07) is 5.14. The minimum atomic E-state index is 0.267. The van der Waals surface area contributed by atoms with Crippen LogP contribution in [0.3, 0.4) is 0 Å². The molecule has 5 nitrogen and oxygen atoms in total. The molecule has 8 heteroatoms. The molecule has 0 fully saturated rings. The van der Waals surface area contributed by atoms with Gasteiger partial charge in [-0.25, -0.2) is 0 Å². The van der Waals surface area contributed by atoms with Crippen LogP contribution >= 0.6 is 38.9 Å². The summed E-state index contributed by atoms with van der Waals surface area (Å²) >= 11 is 11.0. The lowest BCUT2D eigenvalue weighted by atomic mass is 10.2. The number of nitrogens with zero attached hydrogens (tertiary/aromatic N) is 4. The van der Waals surface area contributed by atoms with Crippen LogP contribution in [0.5, 0.6) is 5.75 Å². The summed E-state index contributed by atoms with van der Waals surface area (Å²) in [4.78, 5) is 9.19. The second-order valence-corrected chi connectivity index (χ2v) is 8.18. The largest absolute Gasteiger partial charge is 0.496 e. The van der Waals surface area contributed by atoms with E-state index in [0.717, 1.165) is 15.1 Å². The van der Waals surface area contributed by atoms with E-state index < -0.39 is 0 Å². The SMILES string of the molecule is COc1ccc(Cl)cc1C(/N=c1\sc(Br)cn1CC(C)C)=N\C#N. The van der Waals surface area contributed by atoms with Crippen molar-refractivity contribution in [3.05, 3.63) is 43.6 Å². The van der Waals surface area contributed by atoms with Crippen molar-refractivity contribution in [2.45, 2.75) is 20.4 Å². The molecule has 0 bridgehead atoms. The highest BCUT2D eigenvalue weighted by Crippen LogP contribution is 2.24. The predicted octanol–water partition coefficient (Wildman–Crippen LogP) is 4.46. The molecule has 1 aromatic carbocycles. The second-order valence-electron chi connectivity index (χ2n) is 5.36. The molecule has 24 heavy (non-hydrogen) atoms. The zero-order valence-corrected chi connectivity index (χ0v) is 16.6. The molecule has 1 heterocycles. The number of hydrogen-bond donors (Lipinski definition) is 0. The Morgan fingerprint density at radius 2 is 2.25 bits per heavy atom. The maximum absolute atomic E-state index is 9.04. The van der Waals surface area contributed by atoms with Gasteiger partial charge >= 0.3 is 0 Å². The molecule has 0 spiro atoms. The highest BCUT2D eigenvalue weighted by atomic mass is 79.9. The van der Waals surface area contributed by atoms with Crippen molar-refractivity contribution < 1.29 is 4.74 Å². The Morgan fingerprint density at radius 1 is 1.50 bits per heavy atom. The molecule has 2 aromatic rings. The van der Waals surface area contributed by atoms with E-state index in [1.807, 2.05) is 10.8 Å². The highest BCUT2D eigenvalue weighted by molar-refractivity contribution is 9.11. The van der Waals surface area contributed by atoms with Gasteiger partial charge in [0.2, 0.25) is 6.19 Å². The van der Waals surface area contributed by atoms with Gasteiger partial charge in [0.05, 0.1) is 16.5 Å². The molecule has 0 aliphatic carbocycles. The summed E-state index contributed by atoms with van der Waals surface area (Å²) < 4.78 is 8.33. The van der Waals surface area contributed by atoms with Crippen LogP contribution in [0.25, 0.3) is 0 Å². The number of nitriles is 1. The smallest absolute Gasteiger partial charge is 0.207 e. The van der Waals surface area contributed by atoms with E-state index in [4.69, 9.17) is 21.6 Å². The first kappa shape index (κ1) is 18.7. The third-order valence-corrected chi connectivity index (χ3v) is 4.75. The van der Waals surface area contributed by atoms with E-state index >= 15 is 0 Å². The van der Waals surface area contributed by atoms with Gasteiger partial charge in [0, 0.05) is 17.8 Å². The fourth-order valence-corrected chi connectivity index (χ4v) is 3.68. The molecule has 0 N–H and O–H groups in total. The zero-order chi connectivity index (χ0) is 17.7. The van der Waals surface area contributed by atoms with E-state index in [9.17, 15) is 0 Å². The fourth-order valence-electron chi connectivity index (χ4n) is 2.10. The molecule has 2 rings (SSSR count). The van der Waals surface area contributed by atoms with Crippen LogP contribution in [-0.4, -0.2) is 17.5 Å². The molecule has 126 valence electrons. The highest BCUT2D eigenvalue weighted by Gasteiger charge is 2.12. The summed E-state index contributed by atoms with van der Waals surface area (Å²) in [7, 11) is 1.55. The van der Waals surface area contributed by atoms with E-state index in [0.29, 0.717) is 22.3 Å². The molecule has 0 aliphatic heterocycles. The van der Waals surface area contributed by atoms with E-state index in [2.05, 4.69) is 39.8 Å². The molecular formula is C16H16BrClN4OS. The Balaban J connectivity index is 2.61. The van der Waals surface area contributed by atoms with E-state index in [-0.39, 0.29) is 5.84 Å². The van der Waals surface area contributed by atoms with Crippen LogP contribution < -0.4 is 9.54 Å². The van der Waals surface area contributed by atoms with Crippen molar-refractivity contribution in [3.8, 4) is 11.9 Å². The number of benzene rings is 1. The van der Waals surface area contributed by atoms with Crippen molar-refractivity contribution in [1.82, 2.24) is 4.57 Å². The maximum Gasteiger partial charge on any atom is 0.207 e. The number of ether oxygens (including phenoxy) is 1. The van der Waals surface area contributed by atoms with Gasteiger partial charge in [0.25, 0.3) is 0 Å². The van der Waals surface area contributed by atoms with Gasteiger partial charge in [-0.05, 0) is 40.0 Å². The molecular weight excluding hydrogens is 412 g/mol. The lowest BCUT2D eigenvalue weighted by molar-refractivity contribution is 0.414. The summed E-state index contributed by atoms with van der Waals surface area (Å²) in [5.41, 5.74) is 0.576. The van der Waals surface area contributed by atoms with Crippen molar-refractivity contribution in [3.63, 3.8) is 0 Å². The quantitative estimate of drug-likeness (QED) is 0.411. The van der Waals surface area contributed by atoms with Gasteiger partial charge in [-0.15, -0.1) is 0 Å². The van der Waals surface area contributed by atoms with Gasteiger partial charge in [0.1, 0.15) is 5.75 Å². The number of thiazole rings is 1. The Bertz CT molecular complexity index is 864. The fraction of sp³-hybridized carbons (Fsp3) is 0.312. The zero-order valence-electron chi connectivity index (χ0n) is 13.5. The standard InChI is InChI=1S/C16H16BrClN4OS/c1-10(2)7-22-8-14(17)24-16(22)21-15(20-9-19)12-6-11(18)4-5-13(12)23-3/h4-6,8,10H,7H2,1-3H3/b20-15+,21-16-. The Kier molecular flexibility index (Phi) is 6.60. The van der Waals surface area contributed by atoms with Crippen LogP contribution in [0, 0.1) is 17.4 Å². The minimum Gasteiger partial charge on any atom is -0.496 e. The number of rotatable bonds is 4. The van der Waals surface area contributed by atoms with Crippen molar-refractivity contribution >= 4 is 44.7 Å². The van der Waals surface area contributed by atoms with Crippen LogP contribution in [0.4, 0.5) is 0 Å². The van der Waals surface area contributed by atoms with Gasteiger partial charge in [-0.3, -0.25) is 0 Å². The first-order chi connectivity index (χ1) is 11.4. The summed E-state index contributed by atoms with van der Waals surface area (Å²) in [5, 5.41) is 9.57. The Morgan fingerprint density at radius 3 is 2.88 bits per heavy atom. The summed E-state index contributed by atoms with van der Waals surface area (Å²) in [5.74, 6) is 1.29. The third-order valence-electron chi connectivity index (χ3n) is 3.01. The van der Waals surface area contributed by atoms with E-state index in [1.165, 1.54) is 11.3 Å². The molecule has 0 amide bonds.